The molecule has 0 bridgehead atoms. The van der Waals surface area contributed by atoms with Crippen molar-refractivity contribution in [3.63, 3.8) is 0 Å². The Morgan fingerprint density at radius 2 is 2.05 bits per heavy atom. The number of hydrogen-bond acceptors (Lipinski definition) is 6. The summed E-state index contributed by atoms with van der Waals surface area (Å²) < 4.78 is 10.4. The van der Waals surface area contributed by atoms with Crippen LogP contribution in [0, 0.1) is 0 Å². The standard InChI is InChI=1S/C13H24N4O2/c1-5-11-12(14)15-9-16-13(11)17(6-7-18-3)10(2)8-19-4/h9-10H,5-8H2,1-4H3,(H2,14,15,16). The van der Waals surface area contributed by atoms with Crippen LogP contribution in [-0.2, 0) is 15.9 Å². The van der Waals surface area contributed by atoms with Crippen LogP contribution in [-0.4, -0.2) is 50.0 Å². The Kier molecular flexibility index (Phi) is 6.52. The molecule has 0 saturated heterocycles. The SMILES string of the molecule is CCc1c(N)ncnc1N(CCOC)C(C)COC. The molecule has 108 valence electrons. The molecule has 1 heterocycles. The molecule has 19 heavy (non-hydrogen) atoms. The number of anilines is 2. The van der Waals surface area contributed by atoms with E-state index in [1.54, 1.807) is 14.2 Å². The first-order chi connectivity index (χ1) is 9.15. The van der Waals surface area contributed by atoms with E-state index < -0.39 is 0 Å². The van der Waals surface area contributed by atoms with E-state index in [4.69, 9.17) is 15.2 Å². The number of hydrogen-bond donors (Lipinski definition) is 1. The van der Waals surface area contributed by atoms with E-state index in [1.165, 1.54) is 6.33 Å². The van der Waals surface area contributed by atoms with Crippen molar-refractivity contribution in [1.29, 1.82) is 0 Å². The zero-order chi connectivity index (χ0) is 14.3. The lowest BCUT2D eigenvalue weighted by Crippen LogP contribution is -2.40. The van der Waals surface area contributed by atoms with Crippen LogP contribution in [0.2, 0.25) is 0 Å². The highest BCUT2D eigenvalue weighted by Gasteiger charge is 2.19. The predicted molar refractivity (Wildman–Crippen MR) is 76.4 cm³/mol. The third-order valence-electron chi connectivity index (χ3n) is 3.06. The van der Waals surface area contributed by atoms with Crippen molar-refractivity contribution in [2.24, 2.45) is 0 Å². The molecule has 0 aliphatic heterocycles. The maximum Gasteiger partial charge on any atom is 0.137 e. The Morgan fingerprint density at radius 1 is 1.32 bits per heavy atom. The first-order valence-corrected chi connectivity index (χ1v) is 6.49. The summed E-state index contributed by atoms with van der Waals surface area (Å²) in [6, 6.07) is 0.194. The molecule has 0 aromatic carbocycles. The van der Waals surface area contributed by atoms with Gasteiger partial charge < -0.3 is 20.1 Å². The molecule has 0 spiro atoms. The van der Waals surface area contributed by atoms with Crippen LogP contribution in [0.4, 0.5) is 11.6 Å². The monoisotopic (exact) mass is 268 g/mol. The molecule has 2 N–H and O–H groups in total. The van der Waals surface area contributed by atoms with Crippen molar-refractivity contribution < 1.29 is 9.47 Å². The quantitative estimate of drug-likeness (QED) is 0.761. The second-order valence-electron chi connectivity index (χ2n) is 4.41. The summed E-state index contributed by atoms with van der Waals surface area (Å²) in [7, 11) is 3.38. The van der Waals surface area contributed by atoms with Crippen LogP contribution >= 0.6 is 0 Å². The summed E-state index contributed by atoms with van der Waals surface area (Å²) in [6.45, 7) is 6.13. The zero-order valence-electron chi connectivity index (χ0n) is 12.2. The average Bonchev–Trinajstić information content (AvgIpc) is 2.39. The molecule has 0 amide bonds. The molecule has 0 aliphatic rings. The van der Waals surface area contributed by atoms with Crippen LogP contribution in [0.25, 0.3) is 0 Å². The van der Waals surface area contributed by atoms with Gasteiger partial charge in [-0.3, -0.25) is 0 Å². The highest BCUT2D eigenvalue weighted by atomic mass is 16.5. The fourth-order valence-electron chi connectivity index (χ4n) is 2.06. The summed E-state index contributed by atoms with van der Waals surface area (Å²) in [5.74, 6) is 1.41. The summed E-state index contributed by atoms with van der Waals surface area (Å²) in [5.41, 5.74) is 6.91. The first kappa shape index (κ1) is 15.7. The van der Waals surface area contributed by atoms with Crippen LogP contribution in [0.3, 0.4) is 0 Å². The molecule has 1 unspecified atom stereocenters. The van der Waals surface area contributed by atoms with Gasteiger partial charge in [0.25, 0.3) is 0 Å². The Hall–Kier alpha value is -1.40. The van der Waals surface area contributed by atoms with E-state index >= 15 is 0 Å². The number of nitrogens with zero attached hydrogens (tertiary/aromatic N) is 3. The largest absolute Gasteiger partial charge is 0.383 e. The number of ether oxygens (including phenoxy) is 2. The Balaban J connectivity index is 3.05. The molecule has 1 aromatic heterocycles. The van der Waals surface area contributed by atoms with E-state index in [-0.39, 0.29) is 6.04 Å². The maximum absolute atomic E-state index is 5.93. The molecule has 0 fully saturated rings. The van der Waals surface area contributed by atoms with Crippen molar-refractivity contribution in [2.75, 3.05) is 44.6 Å². The average molecular weight is 268 g/mol. The van der Waals surface area contributed by atoms with Gasteiger partial charge >= 0.3 is 0 Å². The van der Waals surface area contributed by atoms with Gasteiger partial charge in [-0.2, -0.15) is 0 Å². The van der Waals surface area contributed by atoms with Gasteiger partial charge in [0.2, 0.25) is 0 Å². The molecular formula is C13H24N4O2. The molecule has 1 aromatic rings. The molecule has 1 atom stereocenters. The molecule has 6 nitrogen and oxygen atoms in total. The highest BCUT2D eigenvalue weighted by Crippen LogP contribution is 2.23. The Labute approximate surface area is 114 Å². The Morgan fingerprint density at radius 3 is 2.63 bits per heavy atom. The normalized spacial score (nSPS) is 12.4. The van der Waals surface area contributed by atoms with Gasteiger partial charge in [-0.1, -0.05) is 6.92 Å². The van der Waals surface area contributed by atoms with Crippen LogP contribution in [0.5, 0.6) is 0 Å². The second-order valence-corrected chi connectivity index (χ2v) is 4.41. The van der Waals surface area contributed by atoms with Crippen molar-refractivity contribution in [1.82, 2.24) is 9.97 Å². The number of nitrogens with two attached hydrogens (primary N) is 1. The number of methoxy groups -OCH3 is 2. The minimum atomic E-state index is 0.194. The fraction of sp³-hybridized carbons (Fsp3) is 0.692. The minimum Gasteiger partial charge on any atom is -0.383 e. The summed E-state index contributed by atoms with van der Waals surface area (Å²) in [4.78, 5) is 10.6. The number of aromatic nitrogens is 2. The van der Waals surface area contributed by atoms with Crippen LogP contribution in [0.15, 0.2) is 6.33 Å². The highest BCUT2D eigenvalue weighted by molar-refractivity contribution is 5.57. The Bertz CT molecular complexity index is 387. The first-order valence-electron chi connectivity index (χ1n) is 6.49. The molecule has 0 aliphatic carbocycles. The van der Waals surface area contributed by atoms with E-state index in [9.17, 15) is 0 Å². The summed E-state index contributed by atoms with van der Waals surface area (Å²) in [5, 5.41) is 0. The van der Waals surface area contributed by atoms with Gasteiger partial charge in [0.1, 0.15) is 18.0 Å². The lowest BCUT2D eigenvalue weighted by atomic mass is 10.1. The maximum atomic E-state index is 5.93. The van der Waals surface area contributed by atoms with E-state index in [2.05, 4.69) is 21.8 Å². The molecule has 1 rings (SSSR count). The van der Waals surface area contributed by atoms with E-state index in [1.807, 2.05) is 6.92 Å². The van der Waals surface area contributed by atoms with Gasteiger partial charge in [-0.15, -0.1) is 0 Å². The lowest BCUT2D eigenvalue weighted by Gasteiger charge is -2.31. The van der Waals surface area contributed by atoms with Gasteiger partial charge in [-0.05, 0) is 13.3 Å². The molecule has 0 radical (unpaired) electrons. The minimum absolute atomic E-state index is 0.194. The smallest absolute Gasteiger partial charge is 0.137 e. The van der Waals surface area contributed by atoms with Crippen LogP contribution < -0.4 is 10.6 Å². The lowest BCUT2D eigenvalue weighted by molar-refractivity contribution is 0.170. The van der Waals surface area contributed by atoms with Crippen molar-refractivity contribution >= 4 is 11.6 Å². The zero-order valence-corrected chi connectivity index (χ0v) is 12.2. The van der Waals surface area contributed by atoms with Gasteiger partial charge in [0.15, 0.2) is 0 Å². The summed E-state index contributed by atoms with van der Waals surface area (Å²) >= 11 is 0. The third kappa shape index (κ3) is 4.04. The fourth-order valence-corrected chi connectivity index (χ4v) is 2.06. The topological polar surface area (TPSA) is 73.5 Å². The summed E-state index contributed by atoms with van der Waals surface area (Å²) in [6.07, 6.45) is 2.30. The number of nitrogen functional groups attached to an aromatic ring is 1. The van der Waals surface area contributed by atoms with E-state index in [0.717, 1.165) is 24.3 Å². The predicted octanol–water partition coefficient (Wildman–Crippen LogP) is 1.11. The van der Waals surface area contributed by atoms with E-state index in [0.29, 0.717) is 19.0 Å². The van der Waals surface area contributed by atoms with Crippen LogP contribution in [0.1, 0.15) is 19.4 Å². The molecule has 0 saturated carbocycles. The van der Waals surface area contributed by atoms with Crippen molar-refractivity contribution in [3.05, 3.63) is 11.9 Å². The van der Waals surface area contributed by atoms with Gasteiger partial charge in [0.05, 0.1) is 19.3 Å². The number of rotatable bonds is 8. The second kappa shape index (κ2) is 7.91. The van der Waals surface area contributed by atoms with Crippen molar-refractivity contribution in [3.8, 4) is 0 Å². The van der Waals surface area contributed by atoms with Crippen molar-refractivity contribution in [2.45, 2.75) is 26.3 Å². The van der Waals surface area contributed by atoms with Gasteiger partial charge in [-0.25, -0.2) is 9.97 Å². The third-order valence-corrected chi connectivity index (χ3v) is 3.06. The molecular weight excluding hydrogens is 244 g/mol. The van der Waals surface area contributed by atoms with Gasteiger partial charge in [0, 0.05) is 26.3 Å². The molecule has 6 heteroatoms.